The van der Waals surface area contributed by atoms with Crippen molar-refractivity contribution < 1.29 is 14.4 Å². The SMILES string of the molecule is CCC1(C2CC(=O)N(c3ccccc3)C2=O)C(=O)N(c2ccccc2)N=C1C. The minimum absolute atomic E-state index is 0.00278. The Hall–Kier alpha value is -3.28. The predicted octanol–water partition coefficient (Wildman–Crippen LogP) is 3.39. The van der Waals surface area contributed by atoms with Crippen LogP contribution in [0.15, 0.2) is 65.8 Å². The van der Waals surface area contributed by atoms with Crippen LogP contribution in [0.25, 0.3) is 0 Å². The molecule has 2 atom stereocenters. The largest absolute Gasteiger partial charge is 0.274 e. The summed E-state index contributed by atoms with van der Waals surface area (Å²) in [7, 11) is 0. The number of hydrogen-bond acceptors (Lipinski definition) is 4. The van der Waals surface area contributed by atoms with Gasteiger partial charge in [-0.25, -0.2) is 0 Å². The molecule has 3 amide bonds. The number of benzene rings is 2. The molecule has 2 aromatic carbocycles. The quantitative estimate of drug-likeness (QED) is 0.769. The van der Waals surface area contributed by atoms with E-state index in [2.05, 4.69) is 5.10 Å². The molecule has 2 unspecified atom stereocenters. The number of amides is 3. The van der Waals surface area contributed by atoms with Gasteiger partial charge in [0.2, 0.25) is 11.8 Å². The van der Waals surface area contributed by atoms with Gasteiger partial charge in [0.05, 0.1) is 23.0 Å². The molecule has 0 saturated carbocycles. The number of carbonyl (C=O) groups excluding carboxylic acids is 3. The Kier molecular flexibility index (Phi) is 4.34. The number of hydrogen-bond donors (Lipinski definition) is 0. The van der Waals surface area contributed by atoms with E-state index in [-0.39, 0.29) is 24.1 Å². The van der Waals surface area contributed by atoms with E-state index in [4.69, 9.17) is 0 Å². The van der Waals surface area contributed by atoms with E-state index < -0.39 is 11.3 Å². The van der Waals surface area contributed by atoms with Gasteiger partial charge in [-0.1, -0.05) is 43.3 Å². The second-order valence-corrected chi connectivity index (χ2v) is 7.12. The summed E-state index contributed by atoms with van der Waals surface area (Å²) in [6.45, 7) is 3.64. The molecule has 0 aliphatic carbocycles. The summed E-state index contributed by atoms with van der Waals surface area (Å²) in [5.41, 5.74) is 0.654. The van der Waals surface area contributed by atoms with Crippen molar-refractivity contribution in [3.63, 3.8) is 0 Å². The van der Waals surface area contributed by atoms with Crippen LogP contribution in [0.4, 0.5) is 11.4 Å². The highest BCUT2D eigenvalue weighted by atomic mass is 16.2. The van der Waals surface area contributed by atoms with Crippen LogP contribution >= 0.6 is 0 Å². The third-order valence-electron chi connectivity index (χ3n) is 5.78. The lowest BCUT2D eigenvalue weighted by molar-refractivity contribution is -0.132. The van der Waals surface area contributed by atoms with Gasteiger partial charge in [-0.2, -0.15) is 10.1 Å². The minimum atomic E-state index is -1.11. The molecule has 0 bridgehead atoms. The van der Waals surface area contributed by atoms with Crippen molar-refractivity contribution in [1.82, 2.24) is 0 Å². The Morgan fingerprint density at radius 2 is 1.54 bits per heavy atom. The molecule has 4 rings (SSSR count). The zero-order valence-corrected chi connectivity index (χ0v) is 15.8. The number of rotatable bonds is 4. The minimum Gasteiger partial charge on any atom is -0.274 e. The summed E-state index contributed by atoms with van der Waals surface area (Å²) >= 11 is 0. The van der Waals surface area contributed by atoms with Crippen molar-refractivity contribution in [3.05, 3.63) is 60.7 Å². The lowest BCUT2D eigenvalue weighted by atomic mass is 9.69. The fraction of sp³-hybridized carbons (Fsp3) is 0.273. The van der Waals surface area contributed by atoms with E-state index in [9.17, 15) is 14.4 Å². The van der Waals surface area contributed by atoms with Crippen LogP contribution in [-0.4, -0.2) is 23.4 Å². The zero-order chi connectivity index (χ0) is 19.9. The number of nitrogens with zero attached hydrogens (tertiary/aromatic N) is 3. The molecule has 0 N–H and O–H groups in total. The predicted molar refractivity (Wildman–Crippen MR) is 107 cm³/mol. The first kappa shape index (κ1) is 18.1. The highest BCUT2D eigenvalue weighted by Gasteiger charge is 2.60. The van der Waals surface area contributed by atoms with E-state index >= 15 is 0 Å². The molecular weight excluding hydrogens is 354 g/mol. The van der Waals surface area contributed by atoms with Crippen LogP contribution in [0.1, 0.15) is 26.7 Å². The van der Waals surface area contributed by atoms with Gasteiger partial charge in [-0.05, 0) is 37.6 Å². The number of anilines is 2. The second kappa shape index (κ2) is 6.71. The lowest BCUT2D eigenvalue weighted by Gasteiger charge is -2.31. The van der Waals surface area contributed by atoms with Gasteiger partial charge in [0.15, 0.2) is 0 Å². The maximum atomic E-state index is 13.5. The van der Waals surface area contributed by atoms with E-state index in [0.717, 1.165) is 0 Å². The van der Waals surface area contributed by atoms with Crippen LogP contribution in [0.2, 0.25) is 0 Å². The van der Waals surface area contributed by atoms with Crippen molar-refractivity contribution in [3.8, 4) is 0 Å². The summed E-state index contributed by atoms with van der Waals surface area (Å²) in [6, 6.07) is 18.0. The number of para-hydroxylation sites is 2. The maximum Gasteiger partial charge on any atom is 0.260 e. The van der Waals surface area contributed by atoms with E-state index in [1.807, 2.05) is 31.2 Å². The average Bonchev–Trinajstić information content (AvgIpc) is 3.16. The van der Waals surface area contributed by atoms with Crippen molar-refractivity contribution in [2.75, 3.05) is 9.91 Å². The van der Waals surface area contributed by atoms with Gasteiger partial charge in [0, 0.05) is 6.42 Å². The molecular formula is C22H21N3O3. The monoisotopic (exact) mass is 375 g/mol. The topological polar surface area (TPSA) is 70.1 Å². The Balaban J connectivity index is 1.73. The highest BCUT2D eigenvalue weighted by Crippen LogP contribution is 2.46. The van der Waals surface area contributed by atoms with E-state index in [1.165, 1.54) is 9.91 Å². The Labute approximate surface area is 163 Å². The third kappa shape index (κ3) is 2.48. The molecule has 1 fully saturated rings. The molecule has 0 spiro atoms. The summed E-state index contributed by atoms with van der Waals surface area (Å²) in [5, 5.41) is 5.85. The molecule has 6 heteroatoms. The first-order valence-corrected chi connectivity index (χ1v) is 9.38. The summed E-state index contributed by atoms with van der Waals surface area (Å²) < 4.78 is 0. The lowest BCUT2D eigenvalue weighted by Crippen LogP contribution is -2.47. The highest BCUT2D eigenvalue weighted by molar-refractivity contribution is 6.27. The first-order chi connectivity index (χ1) is 13.5. The van der Waals surface area contributed by atoms with Crippen molar-refractivity contribution in [1.29, 1.82) is 0 Å². The van der Waals surface area contributed by atoms with Crippen LogP contribution in [-0.2, 0) is 14.4 Å². The number of hydrazone groups is 1. The summed E-state index contributed by atoms with van der Waals surface area (Å²) in [5.74, 6) is -1.63. The molecule has 2 heterocycles. The van der Waals surface area contributed by atoms with Crippen molar-refractivity contribution in [2.45, 2.75) is 26.7 Å². The summed E-state index contributed by atoms with van der Waals surface area (Å²) in [6.07, 6.45) is 0.402. The van der Waals surface area contributed by atoms with Crippen LogP contribution < -0.4 is 9.91 Å². The molecule has 0 aromatic heterocycles. The fourth-order valence-corrected chi connectivity index (χ4v) is 4.29. The fourth-order valence-electron chi connectivity index (χ4n) is 4.29. The first-order valence-electron chi connectivity index (χ1n) is 9.38. The van der Waals surface area contributed by atoms with Crippen molar-refractivity contribution >= 4 is 34.8 Å². The van der Waals surface area contributed by atoms with Gasteiger partial charge in [-0.15, -0.1) is 0 Å². The molecule has 142 valence electrons. The maximum absolute atomic E-state index is 13.5. The second-order valence-electron chi connectivity index (χ2n) is 7.12. The third-order valence-corrected chi connectivity index (χ3v) is 5.78. The number of carbonyl (C=O) groups is 3. The smallest absolute Gasteiger partial charge is 0.260 e. The summed E-state index contributed by atoms with van der Waals surface area (Å²) in [4.78, 5) is 40.7. The zero-order valence-electron chi connectivity index (χ0n) is 15.8. The van der Waals surface area contributed by atoms with Gasteiger partial charge in [0.25, 0.3) is 5.91 Å². The van der Waals surface area contributed by atoms with Gasteiger partial charge in [-0.3, -0.25) is 19.3 Å². The Bertz CT molecular complexity index is 971. The van der Waals surface area contributed by atoms with Gasteiger partial charge in [0.1, 0.15) is 5.41 Å². The van der Waals surface area contributed by atoms with E-state index in [1.54, 1.807) is 43.3 Å². The Morgan fingerprint density at radius 1 is 0.964 bits per heavy atom. The molecule has 1 saturated heterocycles. The van der Waals surface area contributed by atoms with Gasteiger partial charge >= 0.3 is 0 Å². The molecule has 2 aliphatic rings. The normalized spacial score (nSPS) is 24.9. The number of imide groups is 1. The Morgan fingerprint density at radius 3 is 2.11 bits per heavy atom. The average molecular weight is 375 g/mol. The van der Waals surface area contributed by atoms with Gasteiger partial charge < -0.3 is 0 Å². The molecule has 28 heavy (non-hydrogen) atoms. The van der Waals surface area contributed by atoms with E-state index in [0.29, 0.717) is 23.5 Å². The molecule has 0 radical (unpaired) electrons. The standard InChI is InChI=1S/C22H21N3O3/c1-3-22(15(2)23-25(21(22)28)17-12-8-5-9-13-17)18-14-19(26)24(20(18)27)16-10-6-4-7-11-16/h4-13,18H,3,14H2,1-2H3. The molecule has 2 aromatic rings. The van der Waals surface area contributed by atoms with Crippen LogP contribution in [0.3, 0.4) is 0 Å². The molecule has 6 nitrogen and oxygen atoms in total. The van der Waals surface area contributed by atoms with Crippen molar-refractivity contribution in [2.24, 2.45) is 16.4 Å². The van der Waals surface area contributed by atoms with Crippen LogP contribution in [0.5, 0.6) is 0 Å². The van der Waals surface area contributed by atoms with Crippen LogP contribution in [0, 0.1) is 11.3 Å². The molecule has 2 aliphatic heterocycles.